The number of hydrogen-bond acceptors (Lipinski definition) is 21. The van der Waals surface area contributed by atoms with Crippen molar-refractivity contribution in [3.8, 4) is 0 Å². The molecule has 0 saturated carbocycles. The van der Waals surface area contributed by atoms with Crippen LogP contribution in [0.5, 0.6) is 0 Å². The third kappa shape index (κ3) is 20.0. The number of allylic oxidation sites excluding steroid dienone is 4. The Labute approximate surface area is 457 Å². The lowest BCUT2D eigenvalue weighted by Crippen LogP contribution is -2.30. The van der Waals surface area contributed by atoms with E-state index in [0.29, 0.717) is 0 Å². The number of fused-ring (bicyclic) bond motifs is 2. The number of anilines is 1. The minimum Gasteiger partial charge on any atom is -0.462 e. The minimum absolute atomic E-state index is 0.0856. The maximum absolute atomic E-state index is 14.0. The summed E-state index contributed by atoms with van der Waals surface area (Å²) in [6.45, 7) is 3.85. The van der Waals surface area contributed by atoms with Crippen LogP contribution in [0.4, 0.5) is 11.4 Å². The number of rotatable bonds is 30. The second kappa shape index (κ2) is 26.1. The van der Waals surface area contributed by atoms with E-state index in [4.69, 9.17) is 28.1 Å². The van der Waals surface area contributed by atoms with Crippen molar-refractivity contribution in [3.05, 3.63) is 81.6 Å². The fourth-order valence-electron chi connectivity index (χ4n) is 8.81. The largest absolute Gasteiger partial charge is 0.462 e. The Morgan fingerprint density at radius 1 is 0.494 bits per heavy atom. The van der Waals surface area contributed by atoms with Crippen LogP contribution in [0.25, 0.3) is 0 Å². The molecule has 442 valence electrons. The summed E-state index contributed by atoms with van der Waals surface area (Å²) >= 11 is 0. The van der Waals surface area contributed by atoms with Gasteiger partial charge in [-0.3, -0.25) is 27.3 Å². The Kier molecular flexibility index (Phi) is 21.9. The van der Waals surface area contributed by atoms with E-state index in [-0.39, 0.29) is 108 Å². The van der Waals surface area contributed by atoms with Crippen molar-refractivity contribution < 1.29 is 121 Å². The van der Waals surface area contributed by atoms with Gasteiger partial charge in [0.1, 0.15) is 6.54 Å². The Bertz CT molecular complexity index is 3490. The molecule has 2 aliphatic rings. The summed E-state index contributed by atoms with van der Waals surface area (Å²) in [6.07, 6.45) is 2.51. The molecule has 0 aliphatic carbocycles. The molecule has 0 amide bonds. The van der Waals surface area contributed by atoms with Crippen LogP contribution in [0, 0.1) is 0 Å². The van der Waals surface area contributed by atoms with Crippen LogP contribution in [0.15, 0.2) is 48.2 Å². The van der Waals surface area contributed by atoms with Crippen LogP contribution >= 0.6 is 0 Å². The first kappa shape index (κ1) is 66.2. The summed E-state index contributed by atoms with van der Waals surface area (Å²) in [7, 11) is -27.0. The molecule has 0 aromatic heterocycles. The lowest BCUT2D eigenvalue weighted by Gasteiger charge is -2.27. The molecule has 0 fully saturated rings. The molecule has 0 saturated heterocycles. The quantitative estimate of drug-likeness (QED) is 0.0215. The zero-order valence-electron chi connectivity index (χ0n) is 43.0. The highest BCUT2D eigenvalue weighted by Crippen LogP contribution is 2.51. The molecule has 2 aliphatic heterocycles. The van der Waals surface area contributed by atoms with E-state index in [0.717, 1.165) is 12.1 Å². The Morgan fingerprint density at radius 2 is 0.861 bits per heavy atom. The minimum atomic E-state index is -4.58. The first-order valence-corrected chi connectivity index (χ1v) is 33.4. The second-order valence-corrected chi connectivity index (χ2v) is 28.5. The number of carbonyl (C=O) groups excluding carboxylic acids is 4. The van der Waals surface area contributed by atoms with Gasteiger partial charge in [0.05, 0.1) is 94.2 Å². The van der Waals surface area contributed by atoms with Gasteiger partial charge in [-0.15, -0.1) is 0 Å². The van der Waals surface area contributed by atoms with E-state index in [1.807, 2.05) is 0 Å². The average Bonchev–Trinajstić information content (AvgIpc) is 3.76. The van der Waals surface area contributed by atoms with Crippen molar-refractivity contribution in [1.82, 2.24) is 0 Å². The number of benzene rings is 2. The van der Waals surface area contributed by atoms with Gasteiger partial charge in [-0.25, -0.2) is 19.2 Å². The maximum atomic E-state index is 14.0. The van der Waals surface area contributed by atoms with Crippen molar-refractivity contribution in [2.75, 3.05) is 78.9 Å². The van der Waals surface area contributed by atoms with Gasteiger partial charge in [-0.1, -0.05) is 19.9 Å². The predicted molar refractivity (Wildman–Crippen MR) is 281 cm³/mol. The Morgan fingerprint density at radius 3 is 1.28 bits per heavy atom. The summed E-state index contributed by atoms with van der Waals surface area (Å²) in [5.41, 5.74) is -2.86. The van der Waals surface area contributed by atoms with Crippen LogP contribution < -0.4 is 4.90 Å². The van der Waals surface area contributed by atoms with E-state index in [9.17, 15) is 87.9 Å². The summed E-state index contributed by atoms with van der Waals surface area (Å²) in [5.74, 6) is -9.11. The van der Waals surface area contributed by atoms with Gasteiger partial charge < -0.3 is 23.8 Å². The number of ether oxygens (including phenoxy) is 4. The summed E-state index contributed by atoms with van der Waals surface area (Å²) in [5, 5.41) is 0. The highest BCUT2D eigenvalue weighted by molar-refractivity contribution is 7.86. The smallest absolute Gasteiger partial charge is 0.338 e. The van der Waals surface area contributed by atoms with Crippen LogP contribution in [-0.2, 0) is 90.5 Å². The van der Waals surface area contributed by atoms with Crippen molar-refractivity contribution in [2.45, 2.75) is 77.0 Å². The topological polar surface area (TPSA) is 438 Å². The van der Waals surface area contributed by atoms with Gasteiger partial charge in [-0.05, 0) is 70.2 Å². The zero-order chi connectivity index (χ0) is 59.7. The first-order valence-electron chi connectivity index (χ1n) is 23.7. The molecule has 0 bridgehead atoms. The van der Waals surface area contributed by atoms with Crippen molar-refractivity contribution in [1.29, 1.82) is 0 Å². The zero-order valence-corrected chi connectivity index (χ0v) is 47.9. The molecule has 4 rings (SSSR count). The fraction of sp³-hybridized carbons (Fsp3) is 0.533. The highest BCUT2D eigenvalue weighted by atomic mass is 32.2. The molecule has 2 heterocycles. The first-order chi connectivity index (χ1) is 36.1. The summed E-state index contributed by atoms with van der Waals surface area (Å²) < 4.78 is 218. The lowest BCUT2D eigenvalue weighted by atomic mass is 9.78. The molecule has 0 spiro atoms. The number of nitrogens with zero attached hydrogens (tertiary/aromatic N) is 2. The Hall–Kier alpha value is -5.27. The third-order valence-electron chi connectivity index (χ3n) is 12.0. The molecular weight excluding hydrogens is 1180 g/mol. The summed E-state index contributed by atoms with van der Waals surface area (Å²) in [4.78, 5) is 56.6. The summed E-state index contributed by atoms with van der Waals surface area (Å²) in [6, 6.07) is 4.73. The van der Waals surface area contributed by atoms with Crippen molar-refractivity contribution in [2.24, 2.45) is 0 Å². The van der Waals surface area contributed by atoms with Gasteiger partial charge in [-0.2, -0.15) is 55.1 Å². The molecular formula is C45H61N2O26S6+. The van der Waals surface area contributed by atoms with Crippen molar-refractivity contribution in [3.63, 3.8) is 0 Å². The van der Waals surface area contributed by atoms with Gasteiger partial charge in [0.25, 0.3) is 60.7 Å². The average molecular weight is 1240 g/mol. The molecule has 28 nitrogen and oxygen atoms in total. The molecule has 0 atom stereocenters. The molecule has 0 unspecified atom stereocenters. The monoisotopic (exact) mass is 1240 g/mol. The van der Waals surface area contributed by atoms with Gasteiger partial charge >= 0.3 is 23.9 Å². The molecule has 2 aromatic rings. The highest BCUT2D eigenvalue weighted by Gasteiger charge is 2.49. The van der Waals surface area contributed by atoms with Crippen LogP contribution in [0.2, 0.25) is 0 Å². The fourth-order valence-corrected chi connectivity index (χ4v) is 11.7. The maximum Gasteiger partial charge on any atom is 0.338 e. The number of carbonyl (C=O) groups is 4. The molecule has 79 heavy (non-hydrogen) atoms. The molecule has 0 radical (unpaired) electrons. The van der Waals surface area contributed by atoms with Crippen LogP contribution in [0.3, 0.4) is 0 Å². The second-order valence-electron chi connectivity index (χ2n) is 19.1. The number of hydrogen-bond donors (Lipinski definition) is 6. The Balaban J connectivity index is 1.97. The van der Waals surface area contributed by atoms with Crippen molar-refractivity contribution >= 4 is 102 Å². The van der Waals surface area contributed by atoms with E-state index >= 15 is 0 Å². The SMILES string of the molecule is CC1(C)C(/C=C/C=C2/N(CCCS(=O)(=O)O)c3cc(C(=O)OCCCS(=O)(=O)O)cc(C(=O)OCCCS(=O)(=O)O)c3C2(C)C)=[N+](CCCS(=O)(=O)O)c2cc(C(=O)OCCCS(=O)(=O)O)cc(C(=O)OCCCS(=O)(=O)O)c21. The molecule has 6 N–H and O–H groups in total. The van der Waals surface area contributed by atoms with E-state index in [2.05, 4.69) is 0 Å². The van der Waals surface area contributed by atoms with E-state index < -0.39 is 156 Å². The normalized spacial score (nSPS) is 16.0. The molecule has 34 heteroatoms. The lowest BCUT2D eigenvalue weighted by molar-refractivity contribution is -0.437. The third-order valence-corrected chi connectivity index (χ3v) is 16.9. The predicted octanol–water partition coefficient (Wildman–Crippen LogP) is 2.60. The van der Waals surface area contributed by atoms with E-state index in [1.54, 1.807) is 27.7 Å². The van der Waals surface area contributed by atoms with Crippen LogP contribution in [-0.4, -0.2) is 186 Å². The van der Waals surface area contributed by atoms with Gasteiger partial charge in [0, 0.05) is 47.5 Å². The van der Waals surface area contributed by atoms with Gasteiger partial charge in [0.2, 0.25) is 5.69 Å². The van der Waals surface area contributed by atoms with E-state index in [1.165, 1.54) is 39.8 Å². The molecule has 2 aromatic carbocycles. The van der Waals surface area contributed by atoms with Crippen LogP contribution in [0.1, 0.15) is 119 Å². The van der Waals surface area contributed by atoms with Gasteiger partial charge in [0.15, 0.2) is 5.71 Å². The standard InChI is InChI=1S/C45H60N2O26S6/c1-44(2)36(46(14-6-20-74(52,53)54)34-28-30(40(48)70-16-8-22-76(58,59)60)26-32(38(34)44)42(50)72-18-10-24-78(64,65)66)12-5-13-37-45(3,4)39-33(43(51)73-19-11-25-79(67,68)69)27-31(41(49)71-17-9-23-77(61,62)63)29-35(39)47(37)15-7-21-75(55,56)57/h5,12-13,26-29H,6-11,14-25H2,1-4H3,(H5-,52,53,54,55,56,57,58,59,60,61,62,63,64,65,66,67,68,69)/p+1. The number of esters is 4.